The van der Waals surface area contributed by atoms with Crippen molar-refractivity contribution in [2.75, 3.05) is 0 Å². The molecule has 1 aliphatic heterocycles. The van der Waals surface area contributed by atoms with E-state index in [0.29, 0.717) is 5.84 Å². The molecule has 6 aromatic carbocycles. The lowest BCUT2D eigenvalue weighted by atomic mass is 9.96. The van der Waals surface area contributed by atoms with Crippen LogP contribution in [0.5, 0.6) is 0 Å². The highest BCUT2D eigenvalue weighted by atomic mass is 16.3. The maximum Gasteiger partial charge on any atom is 0.159 e. The van der Waals surface area contributed by atoms with Crippen LogP contribution < -0.4 is 5.32 Å². The van der Waals surface area contributed by atoms with Gasteiger partial charge in [0.05, 0.1) is 0 Å². The Kier molecular flexibility index (Phi) is 5.50. The smallest absolute Gasteiger partial charge is 0.159 e. The van der Waals surface area contributed by atoms with Crippen LogP contribution in [0.2, 0.25) is 0 Å². The minimum Gasteiger partial charge on any atom is -0.456 e. The Morgan fingerprint density at radius 3 is 1.95 bits per heavy atom. The Morgan fingerprint density at radius 1 is 0.500 bits per heavy atom. The number of rotatable bonds is 4. The molecule has 1 unspecified atom stereocenters. The summed E-state index contributed by atoms with van der Waals surface area (Å²) in [6.45, 7) is 0. The first-order chi connectivity index (χ1) is 21.8. The highest BCUT2D eigenvalue weighted by Crippen LogP contribution is 2.40. The zero-order chi connectivity index (χ0) is 29.0. The van der Waals surface area contributed by atoms with Crippen molar-refractivity contribution in [3.63, 3.8) is 0 Å². The predicted molar refractivity (Wildman–Crippen MR) is 178 cm³/mol. The fourth-order valence-electron chi connectivity index (χ4n) is 6.31. The molecule has 2 aromatic heterocycles. The van der Waals surface area contributed by atoms with Gasteiger partial charge in [0.15, 0.2) is 5.84 Å². The van der Waals surface area contributed by atoms with E-state index in [4.69, 9.17) is 18.8 Å². The summed E-state index contributed by atoms with van der Waals surface area (Å²) in [6, 6.07) is 47.4. The van der Waals surface area contributed by atoms with Crippen molar-refractivity contribution in [1.29, 1.82) is 0 Å². The number of para-hydroxylation sites is 1. The summed E-state index contributed by atoms with van der Waals surface area (Å²) in [5.41, 5.74) is 8.51. The van der Waals surface area contributed by atoms with Crippen LogP contribution in [0.1, 0.15) is 22.9 Å². The number of furan rings is 2. The largest absolute Gasteiger partial charge is 0.456 e. The van der Waals surface area contributed by atoms with E-state index in [1.54, 1.807) is 0 Å². The number of nitrogens with one attached hydrogen (secondary N) is 1. The van der Waals surface area contributed by atoms with Gasteiger partial charge in [0, 0.05) is 32.7 Å². The number of hydrogen-bond acceptors (Lipinski definition) is 5. The summed E-state index contributed by atoms with van der Waals surface area (Å²) in [7, 11) is 0. The Bertz CT molecular complexity index is 2420. The third-order valence-electron chi connectivity index (χ3n) is 8.36. The van der Waals surface area contributed by atoms with Crippen molar-refractivity contribution < 1.29 is 8.83 Å². The second-order valence-electron chi connectivity index (χ2n) is 11.0. The van der Waals surface area contributed by atoms with Crippen molar-refractivity contribution in [1.82, 2.24) is 5.32 Å². The van der Waals surface area contributed by atoms with E-state index in [9.17, 15) is 0 Å². The van der Waals surface area contributed by atoms with Gasteiger partial charge in [0.2, 0.25) is 0 Å². The van der Waals surface area contributed by atoms with Crippen LogP contribution in [0, 0.1) is 0 Å². The van der Waals surface area contributed by atoms with Gasteiger partial charge in [0.25, 0.3) is 0 Å². The molecule has 5 heteroatoms. The number of benzene rings is 6. The van der Waals surface area contributed by atoms with Gasteiger partial charge < -0.3 is 14.2 Å². The van der Waals surface area contributed by atoms with Crippen LogP contribution in [0.4, 0.5) is 0 Å². The van der Waals surface area contributed by atoms with E-state index < -0.39 is 0 Å². The maximum atomic E-state index is 6.47. The summed E-state index contributed by atoms with van der Waals surface area (Å²) >= 11 is 0. The van der Waals surface area contributed by atoms with Crippen molar-refractivity contribution in [3.8, 4) is 11.1 Å². The van der Waals surface area contributed by atoms with Gasteiger partial charge >= 0.3 is 0 Å². The van der Waals surface area contributed by atoms with E-state index in [2.05, 4.69) is 53.8 Å². The topological polar surface area (TPSA) is 63.0 Å². The highest BCUT2D eigenvalue weighted by Gasteiger charge is 2.24. The standard InChI is InChI=1S/C39H25N3O2/c1-3-11-24(12-4-1)37-40-38(25-13-5-2-6-14-25)42-39(41-37)30-17-10-20-33-36(30)35-27(16-9-19-32(35)44-33)26-21-22-29-28-15-7-8-18-31(28)43-34(29)23-26/h1-23,37H,(H,40,41,42). The fourth-order valence-corrected chi connectivity index (χ4v) is 6.31. The van der Waals surface area contributed by atoms with Crippen LogP contribution in [0.15, 0.2) is 158 Å². The SMILES string of the molecule is c1ccc(C2=NC(c3ccccc3)NC(c3cccc4oc5cccc(-c6ccc7c(c6)oc6ccccc67)c5c34)=N2)cc1. The third kappa shape index (κ3) is 3.94. The fraction of sp³-hybridized carbons (Fsp3) is 0.0256. The van der Waals surface area contributed by atoms with Crippen LogP contribution in [0.3, 0.4) is 0 Å². The molecule has 0 saturated heterocycles. The molecular formula is C39H25N3O2. The van der Waals surface area contributed by atoms with Crippen LogP contribution >= 0.6 is 0 Å². The van der Waals surface area contributed by atoms with Crippen LogP contribution in [-0.2, 0) is 0 Å². The van der Waals surface area contributed by atoms with Gasteiger partial charge in [-0.25, -0.2) is 9.98 Å². The minimum atomic E-state index is -0.290. The first kappa shape index (κ1) is 24.6. The molecule has 3 heterocycles. The molecule has 9 rings (SSSR count). The molecule has 208 valence electrons. The summed E-state index contributed by atoms with van der Waals surface area (Å²) in [5, 5.41) is 7.91. The summed E-state index contributed by atoms with van der Waals surface area (Å²) in [4.78, 5) is 10.1. The van der Waals surface area contributed by atoms with Crippen molar-refractivity contribution in [2.45, 2.75) is 6.17 Å². The lowest BCUT2D eigenvalue weighted by Gasteiger charge is -2.24. The van der Waals surface area contributed by atoms with E-state index in [-0.39, 0.29) is 6.17 Å². The molecule has 0 fully saturated rings. The molecule has 5 nitrogen and oxygen atoms in total. The molecule has 0 saturated carbocycles. The summed E-state index contributed by atoms with van der Waals surface area (Å²) < 4.78 is 12.7. The van der Waals surface area contributed by atoms with Gasteiger partial charge in [-0.3, -0.25) is 0 Å². The molecule has 1 aliphatic rings. The van der Waals surface area contributed by atoms with E-state index in [1.807, 2.05) is 91.0 Å². The van der Waals surface area contributed by atoms with Crippen LogP contribution in [-0.4, -0.2) is 11.7 Å². The van der Waals surface area contributed by atoms with E-state index in [1.165, 1.54) is 0 Å². The lowest BCUT2D eigenvalue weighted by molar-refractivity contribution is 0.667. The molecule has 8 aromatic rings. The number of aliphatic imine (C=N–C) groups is 2. The van der Waals surface area contributed by atoms with Gasteiger partial charge in [-0.1, -0.05) is 109 Å². The normalized spacial score (nSPS) is 15.0. The van der Waals surface area contributed by atoms with Gasteiger partial charge in [-0.05, 0) is 47.0 Å². The quantitative estimate of drug-likeness (QED) is 0.230. The Morgan fingerprint density at radius 2 is 1.14 bits per heavy atom. The van der Waals surface area contributed by atoms with Crippen molar-refractivity contribution in [2.24, 2.45) is 9.98 Å². The predicted octanol–water partition coefficient (Wildman–Crippen LogP) is 9.65. The second-order valence-corrected chi connectivity index (χ2v) is 11.0. The van der Waals surface area contributed by atoms with E-state index in [0.717, 1.165) is 77.5 Å². The maximum absolute atomic E-state index is 6.47. The zero-order valence-corrected chi connectivity index (χ0v) is 23.6. The van der Waals surface area contributed by atoms with Gasteiger partial charge in [-0.15, -0.1) is 0 Å². The number of nitrogens with zero attached hydrogens (tertiary/aromatic N) is 2. The minimum absolute atomic E-state index is 0.290. The van der Waals surface area contributed by atoms with E-state index >= 15 is 0 Å². The van der Waals surface area contributed by atoms with Gasteiger partial charge in [-0.2, -0.15) is 0 Å². The molecular weight excluding hydrogens is 542 g/mol. The molecule has 44 heavy (non-hydrogen) atoms. The summed E-state index contributed by atoms with van der Waals surface area (Å²) in [5.74, 6) is 1.44. The highest BCUT2D eigenvalue weighted by molar-refractivity contribution is 6.24. The number of amidine groups is 2. The monoisotopic (exact) mass is 567 g/mol. The average Bonchev–Trinajstić information content (AvgIpc) is 3.67. The molecule has 0 spiro atoms. The average molecular weight is 568 g/mol. The Labute approximate surface area is 252 Å². The molecule has 0 amide bonds. The first-order valence-corrected chi connectivity index (χ1v) is 14.7. The zero-order valence-electron chi connectivity index (χ0n) is 23.6. The van der Waals surface area contributed by atoms with Gasteiger partial charge in [0.1, 0.15) is 34.3 Å². The molecule has 1 N–H and O–H groups in total. The molecule has 0 aliphatic carbocycles. The molecule has 1 atom stereocenters. The molecule has 0 radical (unpaired) electrons. The lowest BCUT2D eigenvalue weighted by Crippen LogP contribution is -2.33. The number of fused-ring (bicyclic) bond motifs is 6. The first-order valence-electron chi connectivity index (χ1n) is 14.7. The Balaban J connectivity index is 1.26. The summed E-state index contributed by atoms with van der Waals surface area (Å²) in [6.07, 6.45) is -0.290. The van der Waals surface area contributed by atoms with Crippen molar-refractivity contribution in [3.05, 3.63) is 156 Å². The third-order valence-corrected chi connectivity index (χ3v) is 8.36. The second kappa shape index (κ2) is 9.82. The van der Waals surface area contributed by atoms with Crippen molar-refractivity contribution >= 4 is 55.5 Å². The molecule has 0 bridgehead atoms. The van der Waals surface area contributed by atoms with Crippen LogP contribution in [0.25, 0.3) is 55.0 Å². The Hall–Kier alpha value is -5.94. The number of hydrogen-bond donors (Lipinski definition) is 1.